The Morgan fingerprint density at radius 3 is 1.73 bits per heavy atom. The Morgan fingerprint density at radius 2 is 1.40 bits per heavy atom. The molecule has 2 unspecified atom stereocenters. The maximum absolute atomic E-state index is 6.44. The lowest BCUT2D eigenvalue weighted by Crippen LogP contribution is -2.43. The van der Waals surface area contributed by atoms with E-state index in [9.17, 15) is 0 Å². The summed E-state index contributed by atoms with van der Waals surface area (Å²) in [5.74, 6) is 1.69. The Morgan fingerprint density at radius 1 is 1.00 bits per heavy atom. The molecule has 0 aromatic heterocycles. The lowest BCUT2D eigenvalue weighted by Gasteiger charge is -2.38. The molecule has 0 bridgehead atoms. The summed E-state index contributed by atoms with van der Waals surface area (Å²) in [5.41, 5.74) is 0. The van der Waals surface area contributed by atoms with Crippen molar-refractivity contribution in [1.82, 2.24) is 0 Å². The number of rotatable bonds is 2. The van der Waals surface area contributed by atoms with E-state index in [-0.39, 0.29) is 0 Å². The summed E-state index contributed by atoms with van der Waals surface area (Å²) in [4.78, 5) is 0. The number of hydrogen-bond acceptors (Lipinski definition) is 1. The molecule has 0 radical (unpaired) electrons. The van der Waals surface area contributed by atoms with Crippen LogP contribution in [0.1, 0.15) is 47.5 Å². The standard InChI is InChI=1S/C13H28OSi/c1-10-8-12(9-11(10)2)14-15(6,7)13(3,4)5/h10-12H,8-9H2,1-7H3. The predicted octanol–water partition coefficient (Wildman–Crippen LogP) is 4.44. The lowest BCUT2D eigenvalue weighted by molar-refractivity contribution is 0.182. The molecule has 1 aliphatic rings. The molecule has 0 amide bonds. The zero-order chi connectivity index (χ0) is 11.9. The van der Waals surface area contributed by atoms with Gasteiger partial charge in [0.15, 0.2) is 8.32 Å². The summed E-state index contributed by atoms with van der Waals surface area (Å²) in [7, 11) is -1.53. The van der Waals surface area contributed by atoms with Gasteiger partial charge in [0.2, 0.25) is 0 Å². The predicted molar refractivity (Wildman–Crippen MR) is 69.6 cm³/mol. The van der Waals surface area contributed by atoms with Crippen LogP contribution in [0.2, 0.25) is 18.1 Å². The molecular formula is C13H28OSi. The van der Waals surface area contributed by atoms with Crippen LogP contribution in [0.25, 0.3) is 0 Å². The van der Waals surface area contributed by atoms with Crippen LogP contribution in [0.15, 0.2) is 0 Å². The molecule has 1 saturated carbocycles. The van der Waals surface area contributed by atoms with Gasteiger partial charge in [-0.1, -0.05) is 34.6 Å². The van der Waals surface area contributed by atoms with Crippen molar-refractivity contribution in [2.75, 3.05) is 0 Å². The maximum Gasteiger partial charge on any atom is 0.192 e. The van der Waals surface area contributed by atoms with Crippen molar-refractivity contribution < 1.29 is 4.43 Å². The maximum atomic E-state index is 6.44. The van der Waals surface area contributed by atoms with E-state index in [2.05, 4.69) is 47.7 Å². The fourth-order valence-corrected chi connectivity index (χ4v) is 3.46. The molecule has 0 aromatic rings. The molecule has 1 nitrogen and oxygen atoms in total. The van der Waals surface area contributed by atoms with Crippen molar-refractivity contribution in [2.24, 2.45) is 11.8 Å². The van der Waals surface area contributed by atoms with Crippen LogP contribution in [-0.4, -0.2) is 14.4 Å². The molecule has 0 spiro atoms. The van der Waals surface area contributed by atoms with E-state index in [4.69, 9.17) is 4.43 Å². The van der Waals surface area contributed by atoms with Crippen LogP contribution < -0.4 is 0 Å². The van der Waals surface area contributed by atoms with Crippen LogP contribution in [0.3, 0.4) is 0 Å². The van der Waals surface area contributed by atoms with E-state index in [1.54, 1.807) is 0 Å². The van der Waals surface area contributed by atoms with Crippen molar-refractivity contribution in [3.63, 3.8) is 0 Å². The SMILES string of the molecule is CC1CC(O[Si](C)(C)C(C)(C)C)CC1C. The normalized spacial score (nSPS) is 33.4. The van der Waals surface area contributed by atoms with Crippen LogP contribution in [-0.2, 0) is 4.43 Å². The highest BCUT2D eigenvalue weighted by Crippen LogP contribution is 2.41. The molecule has 0 heterocycles. The second-order valence-corrected chi connectivity index (χ2v) is 11.7. The third-order valence-corrected chi connectivity index (χ3v) is 9.04. The number of hydrogen-bond donors (Lipinski definition) is 0. The average molecular weight is 228 g/mol. The first-order valence-corrected chi connectivity index (χ1v) is 9.22. The summed E-state index contributed by atoms with van der Waals surface area (Å²) in [6.07, 6.45) is 3.08. The average Bonchev–Trinajstić information content (AvgIpc) is 2.27. The van der Waals surface area contributed by atoms with E-state index in [0.29, 0.717) is 11.1 Å². The first-order valence-electron chi connectivity index (χ1n) is 6.31. The Kier molecular flexibility index (Phi) is 3.72. The molecule has 1 fully saturated rings. The van der Waals surface area contributed by atoms with Gasteiger partial charge in [-0.15, -0.1) is 0 Å². The van der Waals surface area contributed by atoms with Gasteiger partial charge in [0, 0.05) is 6.10 Å². The largest absolute Gasteiger partial charge is 0.414 e. The Labute approximate surface area is 96.7 Å². The van der Waals surface area contributed by atoms with E-state index >= 15 is 0 Å². The minimum atomic E-state index is -1.53. The second kappa shape index (κ2) is 4.21. The fourth-order valence-electron chi connectivity index (χ4n) is 2.08. The van der Waals surface area contributed by atoms with Crippen LogP contribution >= 0.6 is 0 Å². The molecular weight excluding hydrogens is 200 g/mol. The second-order valence-electron chi connectivity index (χ2n) is 6.93. The molecule has 0 aliphatic heterocycles. The summed E-state index contributed by atoms with van der Waals surface area (Å²) < 4.78 is 6.44. The molecule has 1 aliphatic carbocycles. The van der Waals surface area contributed by atoms with Crippen molar-refractivity contribution in [2.45, 2.75) is 71.7 Å². The van der Waals surface area contributed by atoms with Gasteiger partial charge in [-0.25, -0.2) is 0 Å². The van der Waals surface area contributed by atoms with Crippen molar-refractivity contribution in [1.29, 1.82) is 0 Å². The first-order chi connectivity index (χ1) is 6.63. The highest BCUT2D eigenvalue weighted by atomic mass is 28.4. The third-order valence-electron chi connectivity index (χ3n) is 4.51. The van der Waals surface area contributed by atoms with Crippen LogP contribution in [0.5, 0.6) is 0 Å². The molecule has 0 aromatic carbocycles. The monoisotopic (exact) mass is 228 g/mol. The van der Waals surface area contributed by atoms with E-state index in [0.717, 1.165) is 11.8 Å². The topological polar surface area (TPSA) is 9.23 Å². The first kappa shape index (κ1) is 13.2. The van der Waals surface area contributed by atoms with Gasteiger partial charge in [-0.2, -0.15) is 0 Å². The van der Waals surface area contributed by atoms with Crippen molar-refractivity contribution in [3.05, 3.63) is 0 Å². The van der Waals surface area contributed by atoms with E-state index < -0.39 is 8.32 Å². The van der Waals surface area contributed by atoms with E-state index in [1.165, 1.54) is 12.8 Å². The van der Waals surface area contributed by atoms with Gasteiger partial charge in [0.05, 0.1) is 0 Å². The molecule has 0 N–H and O–H groups in total. The summed E-state index contributed by atoms with van der Waals surface area (Å²) in [6.45, 7) is 16.4. The summed E-state index contributed by atoms with van der Waals surface area (Å²) in [5, 5.41) is 0.349. The van der Waals surface area contributed by atoms with Crippen LogP contribution in [0.4, 0.5) is 0 Å². The van der Waals surface area contributed by atoms with Crippen LogP contribution in [0, 0.1) is 11.8 Å². The lowest BCUT2D eigenvalue weighted by atomic mass is 10.0. The smallest absolute Gasteiger partial charge is 0.192 e. The van der Waals surface area contributed by atoms with Gasteiger partial charge >= 0.3 is 0 Å². The fraction of sp³-hybridized carbons (Fsp3) is 1.00. The minimum absolute atomic E-state index is 0.349. The Balaban J connectivity index is 2.56. The summed E-state index contributed by atoms with van der Waals surface area (Å²) in [6, 6.07) is 0. The van der Waals surface area contributed by atoms with Gasteiger partial charge in [-0.3, -0.25) is 0 Å². The minimum Gasteiger partial charge on any atom is -0.414 e. The molecule has 0 saturated heterocycles. The Bertz CT molecular complexity index is 207. The van der Waals surface area contributed by atoms with E-state index in [1.807, 2.05) is 0 Å². The van der Waals surface area contributed by atoms with Crippen molar-refractivity contribution in [3.8, 4) is 0 Å². The van der Waals surface area contributed by atoms with Crippen molar-refractivity contribution >= 4 is 8.32 Å². The molecule has 2 atom stereocenters. The van der Waals surface area contributed by atoms with Gasteiger partial charge in [-0.05, 0) is 42.8 Å². The zero-order valence-electron chi connectivity index (χ0n) is 11.6. The zero-order valence-corrected chi connectivity index (χ0v) is 12.6. The van der Waals surface area contributed by atoms with Gasteiger partial charge in [0.1, 0.15) is 0 Å². The highest BCUT2D eigenvalue weighted by molar-refractivity contribution is 6.74. The molecule has 1 rings (SSSR count). The summed E-state index contributed by atoms with van der Waals surface area (Å²) >= 11 is 0. The third kappa shape index (κ3) is 3.07. The molecule has 2 heteroatoms. The highest BCUT2D eigenvalue weighted by Gasteiger charge is 2.41. The van der Waals surface area contributed by atoms with Gasteiger partial charge < -0.3 is 4.43 Å². The molecule has 90 valence electrons. The quantitative estimate of drug-likeness (QED) is 0.635. The molecule has 15 heavy (non-hydrogen) atoms. The Hall–Kier alpha value is 0.177. The van der Waals surface area contributed by atoms with Gasteiger partial charge in [0.25, 0.3) is 0 Å².